The summed E-state index contributed by atoms with van der Waals surface area (Å²) < 4.78 is 5.24. The van der Waals surface area contributed by atoms with Crippen molar-refractivity contribution in [1.29, 1.82) is 0 Å². The molecule has 2 heterocycles. The molecule has 0 spiro atoms. The molecule has 0 aromatic carbocycles. The summed E-state index contributed by atoms with van der Waals surface area (Å²) >= 11 is 0. The Morgan fingerprint density at radius 1 is 1.29 bits per heavy atom. The largest absolute Gasteiger partial charge is 0.389 e. The minimum absolute atomic E-state index is 0.0184. The lowest BCUT2D eigenvalue weighted by molar-refractivity contribution is 0.0213. The minimum Gasteiger partial charge on any atom is -0.389 e. The van der Waals surface area contributed by atoms with E-state index in [1.807, 2.05) is 0 Å². The van der Waals surface area contributed by atoms with Crippen molar-refractivity contribution in [2.75, 3.05) is 33.3 Å². The molecule has 0 aliphatic carbocycles. The van der Waals surface area contributed by atoms with Crippen LogP contribution in [0.1, 0.15) is 12.8 Å². The Hall–Kier alpha value is -0.160. The number of hydrogen-bond donors (Lipinski definition) is 2. The molecule has 2 aliphatic heterocycles. The average molecular weight is 200 g/mol. The third-order valence-electron chi connectivity index (χ3n) is 3.39. The van der Waals surface area contributed by atoms with E-state index in [-0.39, 0.29) is 12.2 Å². The summed E-state index contributed by atoms with van der Waals surface area (Å²) in [5, 5.41) is 13.1. The van der Waals surface area contributed by atoms with Gasteiger partial charge in [0.15, 0.2) is 0 Å². The Labute approximate surface area is 85.2 Å². The number of methoxy groups -OCH3 is 1. The van der Waals surface area contributed by atoms with Crippen molar-refractivity contribution in [2.24, 2.45) is 0 Å². The lowest BCUT2D eigenvalue weighted by atomic mass is 10.1. The van der Waals surface area contributed by atoms with Crippen LogP contribution < -0.4 is 5.32 Å². The van der Waals surface area contributed by atoms with Gasteiger partial charge >= 0.3 is 0 Å². The molecule has 2 N–H and O–H groups in total. The van der Waals surface area contributed by atoms with Crippen LogP contribution in [0.4, 0.5) is 0 Å². The first kappa shape index (κ1) is 10.4. The van der Waals surface area contributed by atoms with Crippen LogP contribution >= 0.6 is 0 Å². The van der Waals surface area contributed by atoms with Crippen molar-refractivity contribution >= 4 is 0 Å². The van der Waals surface area contributed by atoms with E-state index in [0.29, 0.717) is 6.04 Å². The van der Waals surface area contributed by atoms with Crippen molar-refractivity contribution in [2.45, 2.75) is 31.1 Å². The second kappa shape index (κ2) is 4.57. The first-order valence-corrected chi connectivity index (χ1v) is 5.47. The molecule has 0 radical (unpaired) electrons. The van der Waals surface area contributed by atoms with Crippen LogP contribution in [0.15, 0.2) is 0 Å². The number of nitrogens with zero attached hydrogens (tertiary/aromatic N) is 1. The van der Waals surface area contributed by atoms with Crippen LogP contribution in [0.5, 0.6) is 0 Å². The van der Waals surface area contributed by atoms with Crippen LogP contribution in [0.2, 0.25) is 0 Å². The third kappa shape index (κ3) is 2.08. The van der Waals surface area contributed by atoms with Gasteiger partial charge in [-0.1, -0.05) is 0 Å². The number of aliphatic hydroxyl groups is 1. The first-order valence-electron chi connectivity index (χ1n) is 5.47. The van der Waals surface area contributed by atoms with E-state index in [4.69, 9.17) is 4.74 Å². The van der Waals surface area contributed by atoms with Gasteiger partial charge in [-0.2, -0.15) is 0 Å². The SMILES string of the molecule is COC1CN(C2CCNCC2)CC1O. The lowest BCUT2D eigenvalue weighted by Gasteiger charge is -2.31. The zero-order valence-corrected chi connectivity index (χ0v) is 8.78. The smallest absolute Gasteiger partial charge is 0.0969 e. The predicted molar refractivity (Wildman–Crippen MR) is 54.3 cm³/mol. The fourth-order valence-electron chi connectivity index (χ4n) is 2.49. The van der Waals surface area contributed by atoms with Crippen LogP contribution in [-0.4, -0.2) is 61.5 Å². The van der Waals surface area contributed by atoms with Crippen LogP contribution in [0.25, 0.3) is 0 Å². The number of aliphatic hydroxyl groups excluding tert-OH is 1. The fourth-order valence-corrected chi connectivity index (χ4v) is 2.49. The van der Waals surface area contributed by atoms with E-state index >= 15 is 0 Å². The zero-order chi connectivity index (χ0) is 9.97. The Balaban J connectivity index is 1.86. The first-order chi connectivity index (χ1) is 6.81. The molecule has 14 heavy (non-hydrogen) atoms. The van der Waals surface area contributed by atoms with Gasteiger partial charge in [-0.25, -0.2) is 0 Å². The summed E-state index contributed by atoms with van der Waals surface area (Å²) in [5.74, 6) is 0. The van der Waals surface area contributed by atoms with E-state index < -0.39 is 0 Å². The number of hydrogen-bond acceptors (Lipinski definition) is 4. The molecule has 0 amide bonds. The standard InChI is InChI=1S/C10H20N2O2/c1-14-10-7-12(6-9(10)13)8-2-4-11-5-3-8/h8-11,13H,2-7H2,1H3. The van der Waals surface area contributed by atoms with Crippen LogP contribution in [-0.2, 0) is 4.74 Å². The van der Waals surface area contributed by atoms with Crippen molar-refractivity contribution < 1.29 is 9.84 Å². The van der Waals surface area contributed by atoms with Crippen molar-refractivity contribution in [1.82, 2.24) is 10.2 Å². The predicted octanol–water partition coefficient (Wildman–Crippen LogP) is -0.570. The Kier molecular flexibility index (Phi) is 3.38. The van der Waals surface area contributed by atoms with Crippen LogP contribution in [0, 0.1) is 0 Å². The maximum atomic E-state index is 9.71. The highest BCUT2D eigenvalue weighted by atomic mass is 16.5. The van der Waals surface area contributed by atoms with Crippen molar-refractivity contribution in [3.63, 3.8) is 0 Å². The van der Waals surface area contributed by atoms with Gasteiger partial charge in [0.25, 0.3) is 0 Å². The number of rotatable bonds is 2. The topological polar surface area (TPSA) is 44.7 Å². The Morgan fingerprint density at radius 2 is 2.00 bits per heavy atom. The highest BCUT2D eigenvalue weighted by Crippen LogP contribution is 2.20. The van der Waals surface area contributed by atoms with E-state index in [1.54, 1.807) is 7.11 Å². The summed E-state index contributed by atoms with van der Waals surface area (Å²) in [6.07, 6.45) is 2.12. The molecule has 0 aromatic rings. The summed E-state index contributed by atoms with van der Waals surface area (Å²) in [6.45, 7) is 3.88. The van der Waals surface area contributed by atoms with Gasteiger partial charge in [0.2, 0.25) is 0 Å². The quantitative estimate of drug-likeness (QED) is 0.626. The molecule has 2 rings (SSSR count). The maximum Gasteiger partial charge on any atom is 0.0969 e. The summed E-state index contributed by atoms with van der Waals surface area (Å²) in [7, 11) is 1.68. The van der Waals surface area contributed by atoms with Gasteiger partial charge in [-0.15, -0.1) is 0 Å². The summed E-state index contributed by atoms with van der Waals surface area (Å²) in [5.41, 5.74) is 0. The normalized spacial score (nSPS) is 36.4. The Morgan fingerprint density at radius 3 is 2.57 bits per heavy atom. The van der Waals surface area contributed by atoms with Gasteiger partial charge in [-0.3, -0.25) is 4.90 Å². The molecular weight excluding hydrogens is 180 g/mol. The number of nitrogens with one attached hydrogen (secondary N) is 1. The van der Waals surface area contributed by atoms with Crippen LogP contribution in [0.3, 0.4) is 0 Å². The van der Waals surface area contributed by atoms with E-state index in [9.17, 15) is 5.11 Å². The van der Waals surface area contributed by atoms with Crippen molar-refractivity contribution in [3.8, 4) is 0 Å². The number of ether oxygens (including phenoxy) is 1. The van der Waals surface area contributed by atoms with E-state index in [0.717, 1.165) is 26.2 Å². The summed E-state index contributed by atoms with van der Waals surface area (Å²) in [6, 6.07) is 0.644. The third-order valence-corrected chi connectivity index (χ3v) is 3.39. The molecule has 82 valence electrons. The van der Waals surface area contributed by atoms with Gasteiger partial charge in [-0.05, 0) is 25.9 Å². The number of likely N-dealkylation sites (tertiary alicyclic amines) is 1. The average Bonchev–Trinajstić information content (AvgIpc) is 2.61. The van der Waals surface area contributed by atoms with Crippen molar-refractivity contribution in [3.05, 3.63) is 0 Å². The number of β-amino-alcohol motifs (C(OH)–C–C–N with tert-alkyl or cyclic N) is 1. The second-order valence-electron chi connectivity index (χ2n) is 4.28. The van der Waals surface area contributed by atoms with Gasteiger partial charge in [0.1, 0.15) is 0 Å². The monoisotopic (exact) mass is 200 g/mol. The molecule has 4 nitrogen and oxygen atoms in total. The Bertz CT molecular complexity index is 183. The molecule has 4 heteroatoms. The molecule has 0 aromatic heterocycles. The molecular formula is C10H20N2O2. The zero-order valence-electron chi connectivity index (χ0n) is 8.78. The molecule has 2 fully saturated rings. The number of piperidine rings is 1. The van der Waals surface area contributed by atoms with E-state index in [1.165, 1.54) is 12.8 Å². The molecule has 0 saturated carbocycles. The molecule has 2 unspecified atom stereocenters. The summed E-state index contributed by atoms with van der Waals surface area (Å²) in [4.78, 5) is 2.37. The fraction of sp³-hybridized carbons (Fsp3) is 1.00. The molecule has 0 bridgehead atoms. The highest BCUT2D eigenvalue weighted by molar-refractivity contribution is 4.89. The minimum atomic E-state index is -0.296. The van der Waals surface area contributed by atoms with Gasteiger partial charge < -0.3 is 15.2 Å². The highest BCUT2D eigenvalue weighted by Gasteiger charge is 2.35. The molecule has 2 aliphatic rings. The lowest BCUT2D eigenvalue weighted by Crippen LogP contribution is -2.42. The molecule has 2 atom stereocenters. The van der Waals surface area contributed by atoms with Gasteiger partial charge in [0.05, 0.1) is 12.2 Å². The second-order valence-corrected chi connectivity index (χ2v) is 4.28. The van der Waals surface area contributed by atoms with E-state index in [2.05, 4.69) is 10.2 Å². The maximum absolute atomic E-state index is 9.71. The van der Waals surface area contributed by atoms with Gasteiger partial charge in [0, 0.05) is 26.2 Å². The molecule has 2 saturated heterocycles.